The Morgan fingerprint density at radius 1 is 1.04 bits per heavy atom. The zero-order valence-corrected chi connectivity index (χ0v) is 17.5. The third-order valence-electron chi connectivity index (χ3n) is 5.73. The van der Waals surface area contributed by atoms with Crippen molar-refractivity contribution < 1.29 is 13.2 Å². The Labute approximate surface area is 167 Å². The van der Waals surface area contributed by atoms with Crippen molar-refractivity contribution in [2.45, 2.75) is 37.6 Å². The Kier molecular flexibility index (Phi) is 6.46. The van der Waals surface area contributed by atoms with Crippen LogP contribution in [0.3, 0.4) is 0 Å². The molecular formula is C19H28ClN3O3S. The number of piperidine rings is 1. The lowest BCUT2D eigenvalue weighted by Gasteiger charge is -2.39. The average molecular weight is 414 g/mol. The van der Waals surface area contributed by atoms with Gasteiger partial charge in [-0.3, -0.25) is 9.69 Å². The van der Waals surface area contributed by atoms with Gasteiger partial charge in [0.05, 0.1) is 10.9 Å². The van der Waals surface area contributed by atoms with Gasteiger partial charge in [0.1, 0.15) is 0 Å². The van der Waals surface area contributed by atoms with E-state index in [1.807, 2.05) is 11.8 Å². The second-order valence-corrected chi connectivity index (χ2v) is 9.95. The highest BCUT2D eigenvalue weighted by Crippen LogP contribution is 2.22. The summed E-state index contributed by atoms with van der Waals surface area (Å²) in [5, 5.41) is 0.512. The summed E-state index contributed by atoms with van der Waals surface area (Å²) >= 11 is 5.85. The van der Waals surface area contributed by atoms with Crippen molar-refractivity contribution in [2.75, 3.05) is 39.3 Å². The molecule has 0 N–H and O–H groups in total. The van der Waals surface area contributed by atoms with Crippen LogP contribution in [-0.4, -0.2) is 73.7 Å². The highest BCUT2D eigenvalue weighted by atomic mass is 35.5. The molecular weight excluding hydrogens is 386 g/mol. The Balaban J connectivity index is 1.58. The topological polar surface area (TPSA) is 60.9 Å². The van der Waals surface area contributed by atoms with Gasteiger partial charge in [-0.1, -0.05) is 18.5 Å². The first kappa shape index (κ1) is 20.6. The maximum absolute atomic E-state index is 12.8. The van der Waals surface area contributed by atoms with Crippen LogP contribution in [0.2, 0.25) is 5.02 Å². The van der Waals surface area contributed by atoms with Crippen LogP contribution in [0.4, 0.5) is 0 Å². The molecule has 2 aliphatic rings. The second-order valence-electron chi connectivity index (χ2n) is 7.58. The highest BCUT2D eigenvalue weighted by Gasteiger charge is 2.33. The van der Waals surface area contributed by atoms with E-state index in [1.54, 1.807) is 12.1 Å². The molecule has 1 unspecified atom stereocenters. The zero-order valence-electron chi connectivity index (χ0n) is 16.0. The maximum atomic E-state index is 12.8. The van der Waals surface area contributed by atoms with E-state index in [9.17, 15) is 13.2 Å². The number of benzene rings is 1. The maximum Gasteiger partial charge on any atom is 0.243 e. The quantitative estimate of drug-likeness (QED) is 0.759. The monoisotopic (exact) mass is 413 g/mol. The summed E-state index contributed by atoms with van der Waals surface area (Å²) in [6, 6.07) is 6.04. The minimum absolute atomic E-state index is 0.163. The lowest BCUT2D eigenvalue weighted by atomic mass is 9.98. The fourth-order valence-electron chi connectivity index (χ4n) is 3.74. The van der Waals surface area contributed by atoms with Gasteiger partial charge in [-0.25, -0.2) is 8.42 Å². The van der Waals surface area contributed by atoms with Crippen LogP contribution in [0.15, 0.2) is 29.2 Å². The minimum atomic E-state index is -3.52. The van der Waals surface area contributed by atoms with E-state index in [2.05, 4.69) is 11.8 Å². The number of piperazine rings is 1. The van der Waals surface area contributed by atoms with Crippen LogP contribution in [0.1, 0.15) is 26.7 Å². The molecule has 0 spiro atoms. The fraction of sp³-hybridized carbons (Fsp3) is 0.632. The molecule has 0 saturated carbocycles. The Hall–Kier alpha value is -1.15. The van der Waals surface area contributed by atoms with Gasteiger partial charge >= 0.3 is 0 Å². The number of rotatable bonds is 4. The van der Waals surface area contributed by atoms with Crippen LogP contribution in [0, 0.1) is 5.92 Å². The molecule has 1 aromatic carbocycles. The van der Waals surface area contributed by atoms with E-state index in [4.69, 9.17) is 11.6 Å². The molecule has 6 nitrogen and oxygen atoms in total. The third kappa shape index (κ3) is 4.65. The van der Waals surface area contributed by atoms with E-state index >= 15 is 0 Å². The first-order valence-electron chi connectivity index (χ1n) is 9.57. The zero-order chi connectivity index (χ0) is 19.6. The molecule has 2 saturated heterocycles. The van der Waals surface area contributed by atoms with Gasteiger partial charge in [-0.15, -0.1) is 0 Å². The minimum Gasteiger partial charge on any atom is -0.341 e. The SMILES string of the molecule is CC1CCN(C(=O)C(C)N2CCN(S(=O)(=O)c3ccc(Cl)cc3)CC2)CC1. The molecule has 0 aromatic heterocycles. The summed E-state index contributed by atoms with van der Waals surface area (Å²) in [4.78, 5) is 17.1. The van der Waals surface area contributed by atoms with E-state index in [0.717, 1.165) is 25.9 Å². The fourth-order valence-corrected chi connectivity index (χ4v) is 5.28. The van der Waals surface area contributed by atoms with Gasteiger partial charge in [0, 0.05) is 44.3 Å². The summed E-state index contributed by atoms with van der Waals surface area (Å²) in [6.45, 7) is 7.72. The van der Waals surface area contributed by atoms with Gasteiger partial charge in [-0.2, -0.15) is 4.31 Å². The van der Waals surface area contributed by atoms with Crippen molar-refractivity contribution in [3.63, 3.8) is 0 Å². The van der Waals surface area contributed by atoms with Crippen LogP contribution < -0.4 is 0 Å². The van der Waals surface area contributed by atoms with Gasteiger partial charge < -0.3 is 4.90 Å². The smallest absolute Gasteiger partial charge is 0.243 e. The number of hydrogen-bond acceptors (Lipinski definition) is 4. The largest absolute Gasteiger partial charge is 0.341 e. The van der Waals surface area contributed by atoms with Crippen molar-refractivity contribution in [1.82, 2.24) is 14.1 Å². The van der Waals surface area contributed by atoms with Crippen molar-refractivity contribution in [3.05, 3.63) is 29.3 Å². The number of sulfonamides is 1. The molecule has 150 valence electrons. The van der Waals surface area contributed by atoms with E-state index < -0.39 is 10.0 Å². The van der Waals surface area contributed by atoms with Gasteiger partial charge in [0.25, 0.3) is 0 Å². The number of hydrogen-bond donors (Lipinski definition) is 0. The highest BCUT2D eigenvalue weighted by molar-refractivity contribution is 7.89. The van der Waals surface area contributed by atoms with Crippen LogP contribution in [0.5, 0.6) is 0 Å². The number of likely N-dealkylation sites (tertiary alicyclic amines) is 1. The summed E-state index contributed by atoms with van der Waals surface area (Å²) in [6.07, 6.45) is 2.12. The normalized spacial score (nSPS) is 22.0. The van der Waals surface area contributed by atoms with Crippen molar-refractivity contribution in [2.24, 2.45) is 5.92 Å². The number of carbonyl (C=O) groups is 1. The van der Waals surface area contributed by atoms with Crippen molar-refractivity contribution in [1.29, 1.82) is 0 Å². The Bertz CT molecular complexity index is 753. The first-order chi connectivity index (χ1) is 12.8. The number of nitrogens with zero attached hydrogens (tertiary/aromatic N) is 3. The second kappa shape index (κ2) is 8.47. The predicted octanol–water partition coefficient (Wildman–Crippen LogP) is 2.29. The first-order valence-corrected chi connectivity index (χ1v) is 11.4. The van der Waals surface area contributed by atoms with Crippen LogP contribution in [-0.2, 0) is 14.8 Å². The predicted molar refractivity (Wildman–Crippen MR) is 106 cm³/mol. The molecule has 27 heavy (non-hydrogen) atoms. The summed E-state index contributed by atoms with van der Waals surface area (Å²) in [5.41, 5.74) is 0. The lowest BCUT2D eigenvalue weighted by Crippen LogP contribution is -2.56. The number of halogens is 1. The summed E-state index contributed by atoms with van der Waals surface area (Å²) in [7, 11) is -3.52. The molecule has 3 rings (SSSR count). The molecule has 2 aliphatic heterocycles. The van der Waals surface area contributed by atoms with E-state index in [1.165, 1.54) is 16.4 Å². The average Bonchev–Trinajstić information content (AvgIpc) is 2.68. The van der Waals surface area contributed by atoms with Gasteiger partial charge in [-0.05, 0) is 49.9 Å². The molecule has 8 heteroatoms. The van der Waals surface area contributed by atoms with Crippen molar-refractivity contribution >= 4 is 27.5 Å². The molecule has 0 radical (unpaired) electrons. The Morgan fingerprint density at radius 2 is 1.59 bits per heavy atom. The molecule has 0 aliphatic carbocycles. The van der Waals surface area contributed by atoms with Crippen LogP contribution in [0.25, 0.3) is 0 Å². The van der Waals surface area contributed by atoms with Gasteiger partial charge in [0.2, 0.25) is 15.9 Å². The molecule has 2 heterocycles. The third-order valence-corrected chi connectivity index (χ3v) is 7.89. The number of carbonyl (C=O) groups excluding carboxylic acids is 1. The number of amides is 1. The van der Waals surface area contributed by atoms with Crippen LogP contribution >= 0.6 is 11.6 Å². The van der Waals surface area contributed by atoms with E-state index in [0.29, 0.717) is 37.1 Å². The molecule has 0 bridgehead atoms. The van der Waals surface area contributed by atoms with Crippen molar-refractivity contribution in [3.8, 4) is 0 Å². The van der Waals surface area contributed by atoms with E-state index in [-0.39, 0.29) is 16.8 Å². The Morgan fingerprint density at radius 3 is 2.15 bits per heavy atom. The van der Waals surface area contributed by atoms with Gasteiger partial charge in [0.15, 0.2) is 0 Å². The summed E-state index contributed by atoms with van der Waals surface area (Å²) in [5.74, 6) is 0.849. The molecule has 1 amide bonds. The molecule has 1 aromatic rings. The summed E-state index contributed by atoms with van der Waals surface area (Å²) < 4.78 is 27.0. The molecule has 1 atom stereocenters. The standard InChI is InChI=1S/C19H28ClN3O3S/c1-15-7-9-22(10-8-15)19(24)16(2)21-11-13-23(14-12-21)27(25,26)18-5-3-17(20)4-6-18/h3-6,15-16H,7-14H2,1-2H3. The molecule has 2 fully saturated rings. The lowest BCUT2D eigenvalue weighted by molar-refractivity contribution is -0.138.